The fourth-order valence-electron chi connectivity index (χ4n) is 4.45. The van der Waals surface area contributed by atoms with Crippen LogP contribution in [0, 0.1) is 17.5 Å². The standard InChI is InChI=1S/C23H26F3N3O2/c24-19-1-2-20(25)22(26)18(19)13-21(30)28-14-17-3-6-23(31-17)7-11-29(12-8-23)15-16-4-9-27-10-5-16/h1-2,4-5,9-10,17H,3,6-8,11-15H2,(H,28,30). The molecule has 2 aliphatic heterocycles. The first-order valence-corrected chi connectivity index (χ1v) is 10.6. The molecule has 2 fully saturated rings. The molecule has 2 saturated heterocycles. The summed E-state index contributed by atoms with van der Waals surface area (Å²) in [6.07, 6.45) is 6.56. The van der Waals surface area contributed by atoms with Crippen molar-refractivity contribution in [1.82, 2.24) is 15.2 Å². The van der Waals surface area contributed by atoms with Crippen LogP contribution in [0.5, 0.6) is 0 Å². The summed E-state index contributed by atoms with van der Waals surface area (Å²) >= 11 is 0. The number of aromatic nitrogens is 1. The maximum atomic E-state index is 13.7. The van der Waals surface area contributed by atoms with Crippen LogP contribution in [0.15, 0.2) is 36.7 Å². The first-order valence-electron chi connectivity index (χ1n) is 10.6. The summed E-state index contributed by atoms with van der Waals surface area (Å²) < 4.78 is 47.1. The number of carbonyl (C=O) groups is 1. The zero-order valence-electron chi connectivity index (χ0n) is 17.3. The minimum Gasteiger partial charge on any atom is -0.370 e. The lowest BCUT2D eigenvalue weighted by Gasteiger charge is -2.39. The van der Waals surface area contributed by atoms with E-state index in [-0.39, 0.29) is 18.2 Å². The van der Waals surface area contributed by atoms with Crippen molar-refractivity contribution in [3.63, 3.8) is 0 Å². The molecule has 4 rings (SSSR count). The fraction of sp³-hybridized carbons (Fsp3) is 0.478. The number of benzene rings is 1. The van der Waals surface area contributed by atoms with Gasteiger partial charge in [0.15, 0.2) is 11.6 Å². The third-order valence-corrected chi connectivity index (χ3v) is 6.26. The van der Waals surface area contributed by atoms with Gasteiger partial charge in [0.2, 0.25) is 5.91 Å². The van der Waals surface area contributed by atoms with Crippen molar-refractivity contribution in [2.24, 2.45) is 0 Å². The second-order valence-corrected chi connectivity index (χ2v) is 8.40. The van der Waals surface area contributed by atoms with Gasteiger partial charge in [-0.05, 0) is 55.5 Å². The maximum absolute atomic E-state index is 13.7. The highest BCUT2D eigenvalue weighted by atomic mass is 19.2. The number of pyridine rings is 1. The molecule has 8 heteroatoms. The number of rotatable bonds is 6. The van der Waals surface area contributed by atoms with Crippen LogP contribution in [0.4, 0.5) is 13.2 Å². The van der Waals surface area contributed by atoms with E-state index < -0.39 is 35.3 Å². The molecule has 0 aliphatic carbocycles. The van der Waals surface area contributed by atoms with Crippen molar-refractivity contribution in [2.45, 2.75) is 50.4 Å². The van der Waals surface area contributed by atoms with E-state index in [2.05, 4.69) is 15.2 Å². The maximum Gasteiger partial charge on any atom is 0.224 e. The van der Waals surface area contributed by atoms with Crippen molar-refractivity contribution in [1.29, 1.82) is 0 Å². The zero-order chi connectivity index (χ0) is 21.8. The normalized spacial score (nSPS) is 20.8. The number of likely N-dealkylation sites (tertiary alicyclic amines) is 1. The van der Waals surface area contributed by atoms with Gasteiger partial charge in [-0.1, -0.05) is 0 Å². The smallest absolute Gasteiger partial charge is 0.224 e. The summed E-state index contributed by atoms with van der Waals surface area (Å²) in [6, 6.07) is 5.58. The van der Waals surface area contributed by atoms with E-state index in [0.29, 0.717) is 6.07 Å². The second kappa shape index (κ2) is 9.36. The predicted octanol–water partition coefficient (Wildman–Crippen LogP) is 3.37. The van der Waals surface area contributed by atoms with E-state index in [0.717, 1.165) is 51.4 Å². The third-order valence-electron chi connectivity index (χ3n) is 6.26. The highest BCUT2D eigenvalue weighted by Gasteiger charge is 2.42. The molecule has 2 aromatic rings. The van der Waals surface area contributed by atoms with E-state index in [4.69, 9.17) is 4.74 Å². The Hall–Kier alpha value is -2.45. The lowest BCUT2D eigenvalue weighted by molar-refractivity contribution is -0.122. The van der Waals surface area contributed by atoms with Gasteiger partial charge in [0.25, 0.3) is 0 Å². The number of nitrogens with one attached hydrogen (secondary N) is 1. The van der Waals surface area contributed by atoms with Gasteiger partial charge in [-0.25, -0.2) is 13.2 Å². The molecule has 0 saturated carbocycles. The summed E-state index contributed by atoms with van der Waals surface area (Å²) in [5.41, 5.74) is 0.526. The molecule has 0 radical (unpaired) electrons. The molecule has 1 atom stereocenters. The SMILES string of the molecule is O=C(Cc1c(F)ccc(F)c1F)NCC1CCC2(CCN(Cc3ccncc3)CC2)O1. The number of amides is 1. The average Bonchev–Trinajstić information content (AvgIpc) is 3.18. The number of nitrogens with zero attached hydrogens (tertiary/aromatic N) is 2. The summed E-state index contributed by atoms with van der Waals surface area (Å²) in [6.45, 7) is 3.06. The van der Waals surface area contributed by atoms with Crippen molar-refractivity contribution in [2.75, 3.05) is 19.6 Å². The van der Waals surface area contributed by atoms with E-state index in [1.807, 2.05) is 12.1 Å². The zero-order valence-corrected chi connectivity index (χ0v) is 17.3. The van der Waals surface area contributed by atoms with Crippen molar-refractivity contribution >= 4 is 5.91 Å². The van der Waals surface area contributed by atoms with Gasteiger partial charge in [-0.15, -0.1) is 0 Å². The molecule has 1 aromatic heterocycles. The van der Waals surface area contributed by atoms with Crippen LogP contribution >= 0.6 is 0 Å². The number of carbonyl (C=O) groups excluding carboxylic acids is 1. The largest absolute Gasteiger partial charge is 0.370 e. The van der Waals surface area contributed by atoms with Gasteiger partial charge in [0.1, 0.15) is 5.82 Å². The summed E-state index contributed by atoms with van der Waals surface area (Å²) in [7, 11) is 0. The number of hydrogen-bond donors (Lipinski definition) is 1. The first kappa shape index (κ1) is 21.8. The molecule has 1 aromatic carbocycles. The van der Waals surface area contributed by atoms with Crippen LogP contribution in [0.3, 0.4) is 0 Å². The Morgan fingerprint density at radius 2 is 1.81 bits per heavy atom. The van der Waals surface area contributed by atoms with Crippen molar-refractivity contribution < 1.29 is 22.7 Å². The molecule has 1 unspecified atom stereocenters. The Labute approximate surface area is 179 Å². The summed E-state index contributed by atoms with van der Waals surface area (Å²) in [4.78, 5) is 18.6. The second-order valence-electron chi connectivity index (χ2n) is 8.40. The van der Waals surface area contributed by atoms with Crippen LogP contribution < -0.4 is 5.32 Å². The molecule has 3 heterocycles. The molecule has 5 nitrogen and oxygen atoms in total. The Bertz CT molecular complexity index is 918. The van der Waals surface area contributed by atoms with Crippen LogP contribution in [0.2, 0.25) is 0 Å². The number of halogens is 3. The third kappa shape index (κ3) is 5.25. The highest BCUT2D eigenvalue weighted by Crippen LogP contribution is 2.39. The molecular weight excluding hydrogens is 407 g/mol. The molecular formula is C23H26F3N3O2. The van der Waals surface area contributed by atoms with E-state index in [1.54, 1.807) is 12.4 Å². The summed E-state index contributed by atoms with van der Waals surface area (Å²) in [5.74, 6) is -3.96. The van der Waals surface area contributed by atoms with Gasteiger partial charge in [-0.2, -0.15) is 0 Å². The minimum atomic E-state index is -1.32. The van der Waals surface area contributed by atoms with Crippen molar-refractivity contribution in [3.8, 4) is 0 Å². The topological polar surface area (TPSA) is 54.5 Å². The van der Waals surface area contributed by atoms with Gasteiger partial charge in [0.05, 0.1) is 18.1 Å². The van der Waals surface area contributed by atoms with E-state index >= 15 is 0 Å². The Balaban J connectivity index is 1.23. The first-order chi connectivity index (χ1) is 14.9. The number of ether oxygens (including phenoxy) is 1. The quantitative estimate of drug-likeness (QED) is 0.710. The highest BCUT2D eigenvalue weighted by molar-refractivity contribution is 5.78. The Morgan fingerprint density at radius 3 is 2.55 bits per heavy atom. The number of piperidine rings is 1. The van der Waals surface area contributed by atoms with Gasteiger partial charge >= 0.3 is 0 Å². The molecule has 0 bridgehead atoms. The van der Waals surface area contributed by atoms with Crippen LogP contribution in [0.1, 0.15) is 36.8 Å². The molecule has 1 amide bonds. The molecule has 166 valence electrons. The Kier molecular flexibility index (Phi) is 6.57. The lowest BCUT2D eigenvalue weighted by atomic mass is 9.88. The van der Waals surface area contributed by atoms with Crippen LogP contribution in [-0.4, -0.2) is 47.1 Å². The molecule has 31 heavy (non-hydrogen) atoms. The number of hydrogen-bond acceptors (Lipinski definition) is 4. The average molecular weight is 433 g/mol. The van der Waals surface area contributed by atoms with Crippen LogP contribution in [0.25, 0.3) is 0 Å². The monoisotopic (exact) mass is 433 g/mol. The van der Waals surface area contributed by atoms with Gasteiger partial charge in [0, 0.05) is 44.1 Å². The Morgan fingerprint density at radius 1 is 1.10 bits per heavy atom. The van der Waals surface area contributed by atoms with E-state index in [9.17, 15) is 18.0 Å². The predicted molar refractivity (Wildman–Crippen MR) is 109 cm³/mol. The fourth-order valence-corrected chi connectivity index (χ4v) is 4.45. The lowest BCUT2D eigenvalue weighted by Crippen LogP contribution is -2.45. The molecule has 2 aliphatic rings. The molecule has 1 spiro atoms. The van der Waals surface area contributed by atoms with Crippen molar-refractivity contribution in [3.05, 3.63) is 65.2 Å². The van der Waals surface area contributed by atoms with Gasteiger partial charge < -0.3 is 10.1 Å². The molecule has 1 N–H and O–H groups in total. The minimum absolute atomic E-state index is 0.127. The van der Waals surface area contributed by atoms with Crippen LogP contribution in [-0.2, 0) is 22.5 Å². The van der Waals surface area contributed by atoms with Gasteiger partial charge in [-0.3, -0.25) is 14.7 Å². The van der Waals surface area contributed by atoms with E-state index in [1.165, 1.54) is 5.56 Å². The summed E-state index contributed by atoms with van der Waals surface area (Å²) in [5, 5.41) is 2.67.